The highest BCUT2D eigenvalue weighted by molar-refractivity contribution is 7.86. The lowest BCUT2D eigenvalue weighted by atomic mass is 9.87. The van der Waals surface area contributed by atoms with Gasteiger partial charge in [0.25, 0.3) is 10.1 Å². The lowest BCUT2D eigenvalue weighted by Crippen LogP contribution is -2.43. The quantitative estimate of drug-likeness (QED) is 0.230. The third kappa shape index (κ3) is 8.54. The number of halogens is 1. The first-order chi connectivity index (χ1) is 15.1. The number of hydrogen-bond acceptors (Lipinski definition) is 6. The summed E-state index contributed by atoms with van der Waals surface area (Å²) in [5, 5.41) is 0. The number of alkyl halides is 1. The van der Waals surface area contributed by atoms with E-state index in [1.165, 1.54) is 0 Å². The van der Waals surface area contributed by atoms with Gasteiger partial charge in [-0.25, -0.2) is 4.79 Å². The topological polar surface area (TPSA) is 78.9 Å². The van der Waals surface area contributed by atoms with Crippen LogP contribution in [0.1, 0.15) is 44.4 Å². The molecule has 2 aromatic rings. The van der Waals surface area contributed by atoms with E-state index < -0.39 is 33.7 Å². The van der Waals surface area contributed by atoms with E-state index in [4.69, 9.17) is 25.3 Å². The fraction of sp³-hybridized carbons (Fsp3) is 0.458. The molecule has 0 aliphatic heterocycles. The third-order valence-electron chi connectivity index (χ3n) is 4.88. The van der Waals surface area contributed by atoms with Crippen LogP contribution >= 0.6 is 11.6 Å². The van der Waals surface area contributed by atoms with Crippen molar-refractivity contribution in [3.8, 4) is 0 Å². The van der Waals surface area contributed by atoms with Crippen molar-refractivity contribution in [2.45, 2.75) is 46.0 Å². The Labute approximate surface area is 196 Å². The highest BCUT2D eigenvalue weighted by Gasteiger charge is 2.40. The Morgan fingerprint density at radius 1 is 1.03 bits per heavy atom. The summed E-state index contributed by atoms with van der Waals surface area (Å²) in [5.74, 6) is -0.542. The highest BCUT2D eigenvalue weighted by Crippen LogP contribution is 2.29. The maximum Gasteiger partial charge on any atom is 0.336 e. The smallest absolute Gasteiger partial charge is 0.336 e. The summed E-state index contributed by atoms with van der Waals surface area (Å²) in [6, 6.07) is 18.8. The molecule has 0 radical (unpaired) electrons. The van der Waals surface area contributed by atoms with Crippen LogP contribution in [0, 0.1) is 5.41 Å². The van der Waals surface area contributed by atoms with Crippen LogP contribution in [0.2, 0.25) is 0 Å². The van der Waals surface area contributed by atoms with Gasteiger partial charge < -0.3 is 9.47 Å². The van der Waals surface area contributed by atoms with Gasteiger partial charge in [0.1, 0.15) is 6.10 Å². The van der Waals surface area contributed by atoms with Crippen LogP contribution in [0.4, 0.5) is 0 Å². The Morgan fingerprint density at radius 3 is 2.22 bits per heavy atom. The minimum Gasteiger partial charge on any atom is -0.456 e. The average molecular weight is 483 g/mol. The van der Waals surface area contributed by atoms with E-state index in [9.17, 15) is 13.2 Å². The number of hydrogen-bond donors (Lipinski definition) is 0. The van der Waals surface area contributed by atoms with E-state index in [-0.39, 0.29) is 31.3 Å². The molecule has 0 fully saturated rings. The molecule has 0 saturated carbocycles. The molecule has 2 rings (SSSR count). The van der Waals surface area contributed by atoms with E-state index in [1.807, 2.05) is 60.7 Å². The lowest BCUT2D eigenvalue weighted by Gasteiger charge is -2.32. The Morgan fingerprint density at radius 2 is 1.62 bits per heavy atom. The molecule has 176 valence electrons. The zero-order valence-corrected chi connectivity index (χ0v) is 20.3. The normalized spacial score (nSPS) is 14.0. The van der Waals surface area contributed by atoms with Crippen LogP contribution in [-0.2, 0) is 35.2 Å². The van der Waals surface area contributed by atoms with Crippen molar-refractivity contribution in [3.63, 3.8) is 0 Å². The van der Waals surface area contributed by atoms with Crippen LogP contribution in [-0.4, -0.2) is 38.7 Å². The molecule has 0 aromatic heterocycles. The van der Waals surface area contributed by atoms with Crippen molar-refractivity contribution in [1.29, 1.82) is 0 Å². The molecule has 8 heteroatoms. The number of rotatable bonds is 13. The molecule has 0 spiro atoms. The number of carbonyl (C=O) groups excluding carboxylic acids is 1. The second kappa shape index (κ2) is 12.3. The van der Waals surface area contributed by atoms with Crippen LogP contribution in [0.15, 0.2) is 60.7 Å². The molecule has 2 atom stereocenters. The second-order valence-electron chi connectivity index (χ2n) is 8.22. The summed E-state index contributed by atoms with van der Waals surface area (Å²) in [6.07, 6.45) is -1.25. The molecule has 1 unspecified atom stereocenters. The summed E-state index contributed by atoms with van der Waals surface area (Å²) in [7, 11) is -3.76. The summed E-state index contributed by atoms with van der Waals surface area (Å²) in [6.45, 7) is 5.15. The zero-order chi connectivity index (χ0) is 23.6. The van der Waals surface area contributed by atoms with Gasteiger partial charge in [0, 0.05) is 11.3 Å². The van der Waals surface area contributed by atoms with Crippen molar-refractivity contribution in [1.82, 2.24) is 0 Å². The van der Waals surface area contributed by atoms with Crippen molar-refractivity contribution in [2.24, 2.45) is 5.41 Å². The van der Waals surface area contributed by atoms with Gasteiger partial charge >= 0.3 is 5.97 Å². The van der Waals surface area contributed by atoms with E-state index in [0.717, 1.165) is 11.1 Å². The van der Waals surface area contributed by atoms with E-state index in [1.54, 1.807) is 20.8 Å². The fourth-order valence-electron chi connectivity index (χ4n) is 3.00. The second-order valence-corrected chi connectivity index (χ2v) is 10.4. The standard InChI is InChI=1S/C24H31ClO6S/c1-19(21-13-8-5-9-14-21)31-23(26)22(29-17-20-11-6-4-7-12-20)24(2,3)18-30-32(27,28)16-10-15-25/h4-9,11-14,19,22H,10,15-18H2,1-3H3/t19?,22-/m0/s1. The SMILES string of the molecule is CC(OC(=O)[C@H](OCc1ccccc1)C(C)(C)COS(=O)(=O)CCCCl)c1ccccc1. The van der Waals surface area contributed by atoms with Crippen LogP contribution in [0.5, 0.6) is 0 Å². The van der Waals surface area contributed by atoms with E-state index in [2.05, 4.69) is 0 Å². The first-order valence-corrected chi connectivity index (χ1v) is 12.6. The van der Waals surface area contributed by atoms with Gasteiger partial charge in [0.05, 0.1) is 19.0 Å². The number of benzene rings is 2. The predicted octanol–water partition coefficient (Wildman–Crippen LogP) is 4.88. The van der Waals surface area contributed by atoms with Crippen LogP contribution in [0.25, 0.3) is 0 Å². The zero-order valence-electron chi connectivity index (χ0n) is 18.7. The molecule has 0 saturated heterocycles. The highest BCUT2D eigenvalue weighted by atomic mass is 35.5. The largest absolute Gasteiger partial charge is 0.456 e. The Bertz CT molecular complexity index is 931. The summed E-state index contributed by atoms with van der Waals surface area (Å²) >= 11 is 5.59. The number of ether oxygens (including phenoxy) is 2. The fourth-order valence-corrected chi connectivity index (χ4v) is 4.39. The molecular formula is C24H31ClO6S. The van der Waals surface area contributed by atoms with Gasteiger partial charge in [-0.15, -0.1) is 11.6 Å². The minimum atomic E-state index is -3.76. The molecule has 0 aliphatic carbocycles. The molecule has 32 heavy (non-hydrogen) atoms. The maximum atomic E-state index is 13.1. The van der Waals surface area contributed by atoms with Crippen molar-refractivity contribution < 1.29 is 26.9 Å². The van der Waals surface area contributed by atoms with Gasteiger partial charge in [-0.3, -0.25) is 4.18 Å². The number of esters is 1. The summed E-state index contributed by atoms with van der Waals surface area (Å²) in [5.41, 5.74) is 0.754. The molecule has 0 N–H and O–H groups in total. The Kier molecular flexibility index (Phi) is 10.2. The molecule has 0 heterocycles. The van der Waals surface area contributed by atoms with Crippen molar-refractivity contribution in [2.75, 3.05) is 18.2 Å². The first-order valence-electron chi connectivity index (χ1n) is 10.5. The monoisotopic (exact) mass is 482 g/mol. The van der Waals surface area contributed by atoms with Gasteiger partial charge in [0.15, 0.2) is 6.10 Å². The molecule has 0 aliphatic rings. The Hall–Kier alpha value is -1.93. The van der Waals surface area contributed by atoms with Gasteiger partial charge in [-0.05, 0) is 24.5 Å². The van der Waals surface area contributed by atoms with Crippen LogP contribution < -0.4 is 0 Å². The van der Waals surface area contributed by atoms with Crippen molar-refractivity contribution >= 4 is 27.7 Å². The predicted molar refractivity (Wildman–Crippen MR) is 125 cm³/mol. The van der Waals surface area contributed by atoms with Gasteiger partial charge in [0.2, 0.25) is 0 Å². The maximum absolute atomic E-state index is 13.1. The molecule has 0 amide bonds. The summed E-state index contributed by atoms with van der Waals surface area (Å²) in [4.78, 5) is 13.1. The average Bonchev–Trinajstić information content (AvgIpc) is 2.78. The van der Waals surface area contributed by atoms with Crippen LogP contribution in [0.3, 0.4) is 0 Å². The van der Waals surface area contributed by atoms with E-state index >= 15 is 0 Å². The van der Waals surface area contributed by atoms with Crippen molar-refractivity contribution in [3.05, 3.63) is 71.8 Å². The molecular weight excluding hydrogens is 452 g/mol. The van der Waals surface area contributed by atoms with Gasteiger partial charge in [-0.1, -0.05) is 74.5 Å². The lowest BCUT2D eigenvalue weighted by molar-refractivity contribution is -0.174. The minimum absolute atomic E-state index is 0.169. The summed E-state index contributed by atoms with van der Waals surface area (Å²) < 4.78 is 41.1. The molecule has 2 aromatic carbocycles. The Balaban J connectivity index is 2.15. The molecule has 6 nitrogen and oxygen atoms in total. The number of carbonyl (C=O) groups is 1. The third-order valence-corrected chi connectivity index (χ3v) is 6.42. The van der Waals surface area contributed by atoms with E-state index in [0.29, 0.717) is 0 Å². The first kappa shape index (κ1) is 26.3. The molecule has 0 bridgehead atoms. The van der Waals surface area contributed by atoms with Gasteiger partial charge in [-0.2, -0.15) is 8.42 Å².